The summed E-state index contributed by atoms with van der Waals surface area (Å²) in [4.78, 5) is 27.3. The second kappa shape index (κ2) is 4.72. The predicted molar refractivity (Wildman–Crippen MR) is 74.1 cm³/mol. The average molecular weight is 280 g/mol. The van der Waals surface area contributed by atoms with Crippen LogP contribution in [0.4, 0.5) is 0 Å². The van der Waals surface area contributed by atoms with E-state index < -0.39 is 5.54 Å². The second-order valence-corrected chi connectivity index (χ2v) is 6.74. The number of carbonyl (C=O) groups is 2. The molecule has 3 aliphatic rings. The molecule has 20 heavy (non-hydrogen) atoms. The van der Waals surface area contributed by atoms with Gasteiger partial charge in [-0.15, -0.1) is 0 Å². The fourth-order valence-electron chi connectivity index (χ4n) is 4.00. The molecular formula is C15H24N2O3. The molecule has 2 heterocycles. The minimum atomic E-state index is -0.620. The summed E-state index contributed by atoms with van der Waals surface area (Å²) in [6.45, 7) is 5.28. The molecule has 5 heteroatoms. The quantitative estimate of drug-likeness (QED) is 0.785. The number of ether oxygens (including phenoxy) is 1. The highest BCUT2D eigenvalue weighted by Crippen LogP contribution is 2.39. The van der Waals surface area contributed by atoms with Crippen molar-refractivity contribution in [2.75, 3.05) is 13.2 Å². The lowest BCUT2D eigenvalue weighted by Crippen LogP contribution is -2.73. The Bertz CT molecular complexity index is 423. The van der Waals surface area contributed by atoms with Crippen molar-refractivity contribution in [3.05, 3.63) is 0 Å². The van der Waals surface area contributed by atoms with Gasteiger partial charge in [-0.2, -0.15) is 0 Å². The van der Waals surface area contributed by atoms with E-state index in [2.05, 4.69) is 12.2 Å². The van der Waals surface area contributed by atoms with E-state index in [9.17, 15) is 9.59 Å². The Kier molecular flexibility index (Phi) is 3.27. The van der Waals surface area contributed by atoms with Crippen molar-refractivity contribution in [3.8, 4) is 0 Å². The first kappa shape index (κ1) is 13.9. The van der Waals surface area contributed by atoms with Gasteiger partial charge in [-0.25, -0.2) is 0 Å². The van der Waals surface area contributed by atoms with Crippen molar-refractivity contribution in [2.24, 2.45) is 0 Å². The average Bonchev–Trinajstić information content (AvgIpc) is 2.87. The minimum Gasteiger partial charge on any atom is -0.381 e. The summed E-state index contributed by atoms with van der Waals surface area (Å²) in [6, 6.07) is -0.378. The molecular weight excluding hydrogens is 256 g/mol. The van der Waals surface area contributed by atoms with Crippen LogP contribution in [0.25, 0.3) is 0 Å². The van der Waals surface area contributed by atoms with Crippen molar-refractivity contribution < 1.29 is 14.3 Å². The number of hydrogen-bond acceptors (Lipinski definition) is 3. The van der Waals surface area contributed by atoms with Gasteiger partial charge in [0.05, 0.1) is 0 Å². The molecule has 0 aromatic carbocycles. The van der Waals surface area contributed by atoms with Crippen LogP contribution in [0, 0.1) is 0 Å². The highest BCUT2D eigenvalue weighted by atomic mass is 16.5. The van der Waals surface area contributed by atoms with Crippen LogP contribution in [0.1, 0.15) is 52.4 Å². The molecule has 2 saturated heterocycles. The van der Waals surface area contributed by atoms with Gasteiger partial charge in [0.15, 0.2) is 0 Å². The number of carbonyl (C=O) groups excluding carboxylic acids is 2. The third kappa shape index (κ3) is 1.94. The molecule has 0 bridgehead atoms. The maximum absolute atomic E-state index is 13.1. The Morgan fingerprint density at radius 3 is 2.35 bits per heavy atom. The zero-order valence-corrected chi connectivity index (χ0v) is 12.4. The summed E-state index contributed by atoms with van der Waals surface area (Å²) in [6.07, 6.45) is 5.24. The van der Waals surface area contributed by atoms with Crippen LogP contribution in [-0.2, 0) is 14.3 Å². The Hall–Kier alpha value is -1.10. The van der Waals surface area contributed by atoms with Gasteiger partial charge in [-0.3, -0.25) is 9.59 Å². The van der Waals surface area contributed by atoms with Crippen molar-refractivity contribution in [1.29, 1.82) is 0 Å². The van der Waals surface area contributed by atoms with Crippen LogP contribution >= 0.6 is 0 Å². The number of nitrogens with zero attached hydrogens (tertiary/aromatic N) is 1. The zero-order valence-electron chi connectivity index (χ0n) is 12.4. The van der Waals surface area contributed by atoms with Crippen LogP contribution in [-0.4, -0.2) is 47.0 Å². The van der Waals surface area contributed by atoms with Gasteiger partial charge in [-0.05, 0) is 39.5 Å². The van der Waals surface area contributed by atoms with E-state index in [0.717, 1.165) is 38.5 Å². The normalized spacial score (nSPS) is 32.5. The molecule has 1 unspecified atom stereocenters. The Labute approximate surface area is 120 Å². The lowest BCUT2D eigenvalue weighted by molar-refractivity contribution is -0.165. The lowest BCUT2D eigenvalue weighted by Gasteiger charge is -2.52. The fraction of sp³-hybridized carbons (Fsp3) is 0.867. The first-order chi connectivity index (χ1) is 9.49. The minimum absolute atomic E-state index is 0.000725. The smallest absolute Gasteiger partial charge is 0.249 e. The first-order valence-corrected chi connectivity index (χ1v) is 7.72. The Morgan fingerprint density at radius 1 is 1.15 bits per heavy atom. The van der Waals surface area contributed by atoms with E-state index in [0.29, 0.717) is 13.2 Å². The van der Waals surface area contributed by atoms with E-state index in [1.165, 1.54) is 0 Å². The molecule has 0 aromatic heterocycles. The molecule has 1 aliphatic carbocycles. The van der Waals surface area contributed by atoms with E-state index in [-0.39, 0.29) is 23.4 Å². The molecule has 1 atom stereocenters. The van der Waals surface area contributed by atoms with Gasteiger partial charge < -0.3 is 15.0 Å². The van der Waals surface area contributed by atoms with Crippen molar-refractivity contribution >= 4 is 11.8 Å². The van der Waals surface area contributed by atoms with Gasteiger partial charge in [0.2, 0.25) is 11.8 Å². The van der Waals surface area contributed by atoms with E-state index in [4.69, 9.17) is 4.74 Å². The van der Waals surface area contributed by atoms with E-state index in [1.807, 2.05) is 11.8 Å². The van der Waals surface area contributed by atoms with Crippen molar-refractivity contribution in [2.45, 2.75) is 69.5 Å². The van der Waals surface area contributed by atoms with Gasteiger partial charge in [-0.1, -0.05) is 12.8 Å². The number of amides is 2. The molecule has 3 fully saturated rings. The van der Waals surface area contributed by atoms with Crippen molar-refractivity contribution in [1.82, 2.24) is 10.2 Å². The standard InChI is InChI=1S/C15H24N2O3/c1-11-12(18)16-15(5-3-4-6-15)13(19)17(11)14(2)7-9-20-10-8-14/h11H,3-10H2,1-2H3,(H,16,18). The van der Waals surface area contributed by atoms with Crippen molar-refractivity contribution in [3.63, 3.8) is 0 Å². The van der Waals surface area contributed by atoms with Gasteiger partial charge in [0, 0.05) is 18.8 Å². The third-order valence-electron chi connectivity index (χ3n) is 5.37. The highest BCUT2D eigenvalue weighted by molar-refractivity contribution is 6.00. The summed E-state index contributed by atoms with van der Waals surface area (Å²) in [5.41, 5.74) is -0.868. The molecule has 0 radical (unpaired) electrons. The fourth-order valence-corrected chi connectivity index (χ4v) is 4.00. The predicted octanol–water partition coefficient (Wildman–Crippen LogP) is 1.22. The third-order valence-corrected chi connectivity index (χ3v) is 5.37. The molecule has 2 amide bonds. The maximum Gasteiger partial charge on any atom is 0.249 e. The topological polar surface area (TPSA) is 58.6 Å². The zero-order chi connectivity index (χ0) is 14.4. The van der Waals surface area contributed by atoms with Crippen LogP contribution < -0.4 is 5.32 Å². The molecule has 1 saturated carbocycles. The summed E-state index contributed by atoms with van der Waals surface area (Å²) in [5, 5.41) is 3.02. The van der Waals surface area contributed by atoms with Gasteiger partial charge >= 0.3 is 0 Å². The summed E-state index contributed by atoms with van der Waals surface area (Å²) >= 11 is 0. The lowest BCUT2D eigenvalue weighted by atomic mass is 9.83. The summed E-state index contributed by atoms with van der Waals surface area (Å²) in [7, 11) is 0. The second-order valence-electron chi connectivity index (χ2n) is 6.74. The van der Waals surface area contributed by atoms with Crippen LogP contribution in [0.3, 0.4) is 0 Å². The number of hydrogen-bond donors (Lipinski definition) is 1. The van der Waals surface area contributed by atoms with Crippen LogP contribution in [0.5, 0.6) is 0 Å². The van der Waals surface area contributed by atoms with Gasteiger partial charge in [0.1, 0.15) is 11.6 Å². The molecule has 5 nitrogen and oxygen atoms in total. The Morgan fingerprint density at radius 2 is 1.75 bits per heavy atom. The largest absolute Gasteiger partial charge is 0.381 e. The SMILES string of the molecule is CC1C(=O)NC2(CCCC2)C(=O)N1C1(C)CCOCC1. The Balaban J connectivity index is 1.94. The number of rotatable bonds is 1. The maximum atomic E-state index is 13.1. The number of piperazine rings is 1. The first-order valence-electron chi connectivity index (χ1n) is 7.72. The van der Waals surface area contributed by atoms with E-state index >= 15 is 0 Å². The van der Waals surface area contributed by atoms with Crippen LogP contribution in [0.15, 0.2) is 0 Å². The summed E-state index contributed by atoms with van der Waals surface area (Å²) < 4.78 is 5.43. The number of nitrogens with one attached hydrogen (secondary N) is 1. The molecule has 0 aromatic rings. The van der Waals surface area contributed by atoms with Gasteiger partial charge in [0.25, 0.3) is 0 Å². The highest BCUT2D eigenvalue weighted by Gasteiger charge is 2.55. The monoisotopic (exact) mass is 280 g/mol. The molecule has 112 valence electrons. The molecule has 1 N–H and O–H groups in total. The van der Waals surface area contributed by atoms with Crippen LogP contribution in [0.2, 0.25) is 0 Å². The summed E-state index contributed by atoms with van der Waals surface area (Å²) in [5.74, 6) is 0.130. The van der Waals surface area contributed by atoms with E-state index in [1.54, 1.807) is 0 Å². The molecule has 3 rings (SSSR count). The molecule has 1 spiro atoms. The molecule has 2 aliphatic heterocycles.